The molecule has 6 aliphatic rings. The smallest absolute Gasteiger partial charge is 0.291 e. The summed E-state index contributed by atoms with van der Waals surface area (Å²) in [7, 11) is 0. The standard InChI is InChI=1S/C25H22F2N4O.C24H21F2N5O.C24H20F2N4O2.C24H20F2N4OS/c26-18-11-9-16(10-12-18)23-24(31(15-29-23)19-5-1-2-6-19)22-13-17(14-28-22)25(32)30-21-8-4-3-7-20(21)27;25-16-11-9-15(10-12-16)22-23(31(14-27-22)17-5-1-2-6-17)20-13-21(30-29-20)24(32)28-19-8-4-3-7-18(19)26;25-16-7-5-15(6-8-16)22-23(30(14-28-22)17-3-1-2-4-17)20-9-10-21(32-20)24(31)29-19-11-12-27-13-18(19)26;25-16-11-9-15(10-12-16)21-22(30(14-28-21)17-5-1-2-6-17)24-27-13-20(32-24)23(31)29-19-8-4-3-7-18(19)26/h3-4,7-12,14-15,19H,1-2,5-6,13H2,(H,30,32);3-4,7-12,14,17H,1-2,5-6,13H2,(H,28,32);5-14,17H,1-4H2,(H,27,29,31);3-4,7-14,17H,1-2,5-6H2,(H,29,31). The van der Waals surface area contributed by atoms with Gasteiger partial charge in [-0.1, -0.05) is 87.8 Å². The minimum absolute atomic E-state index is 0.0194. The third-order valence-corrected chi connectivity index (χ3v) is 24.4. The van der Waals surface area contributed by atoms with Crippen LogP contribution in [-0.4, -0.2) is 88.9 Å². The Morgan fingerprint density at radius 1 is 0.359 bits per heavy atom. The molecule has 31 heteroatoms. The van der Waals surface area contributed by atoms with Crippen molar-refractivity contribution in [3.8, 4) is 67.2 Å². The lowest BCUT2D eigenvalue weighted by molar-refractivity contribution is -0.113. The van der Waals surface area contributed by atoms with E-state index in [-0.39, 0.29) is 75.9 Å². The third kappa shape index (κ3) is 19.3. The fraction of sp³-hybridized carbons (Fsp3) is 0.227. The van der Waals surface area contributed by atoms with E-state index in [9.17, 15) is 54.3 Å². The number of amides is 4. The third-order valence-electron chi connectivity index (χ3n) is 23.4. The van der Waals surface area contributed by atoms with E-state index in [0.717, 1.165) is 165 Å². The van der Waals surface area contributed by atoms with Gasteiger partial charge in [-0.05, 0) is 203 Å². The van der Waals surface area contributed by atoms with Crippen LogP contribution in [-0.2, 0) is 9.59 Å². The number of nitrogens with one attached hydrogen (secondary N) is 4. The molecule has 22 nitrogen and oxygen atoms in total. The number of aromatic nitrogens is 10. The van der Waals surface area contributed by atoms with Gasteiger partial charge in [-0.15, -0.1) is 16.4 Å². The number of benzene rings is 7. The molecule has 7 aromatic carbocycles. The van der Waals surface area contributed by atoms with Gasteiger partial charge in [0.15, 0.2) is 17.3 Å². The number of anilines is 4. The summed E-state index contributed by atoms with van der Waals surface area (Å²) in [5.74, 6) is -4.77. The zero-order valence-corrected chi connectivity index (χ0v) is 69.7. The van der Waals surface area contributed by atoms with Crippen LogP contribution in [0.1, 0.15) is 171 Å². The molecule has 9 heterocycles. The second kappa shape index (κ2) is 39.0. The molecule has 2 aliphatic heterocycles. The summed E-state index contributed by atoms with van der Waals surface area (Å²) in [4.78, 5) is 82.3. The van der Waals surface area contributed by atoms with Gasteiger partial charge in [0.05, 0.1) is 106 Å². The van der Waals surface area contributed by atoms with Crippen molar-refractivity contribution in [3.63, 3.8) is 0 Å². The van der Waals surface area contributed by atoms with Gasteiger partial charge in [0, 0.05) is 77.2 Å². The Kier molecular flexibility index (Phi) is 26.1. The van der Waals surface area contributed by atoms with Crippen LogP contribution >= 0.6 is 11.3 Å². The topological polar surface area (TPSA) is 264 Å². The number of halogens is 8. The Morgan fingerprint density at radius 3 is 1.19 bits per heavy atom. The molecular weight excluding hydrogens is 1670 g/mol. The van der Waals surface area contributed by atoms with Gasteiger partial charge in [0.25, 0.3) is 23.6 Å². The molecule has 7 aromatic heterocycles. The van der Waals surface area contributed by atoms with E-state index in [1.165, 1.54) is 121 Å². The molecule has 4 fully saturated rings. The maximum atomic E-state index is 13.9. The second-order valence-corrected chi connectivity index (χ2v) is 32.7. The number of hydrogen-bond donors (Lipinski definition) is 4. The predicted molar refractivity (Wildman–Crippen MR) is 474 cm³/mol. The fourth-order valence-corrected chi connectivity index (χ4v) is 17.8. The molecule has 14 aromatic rings. The highest BCUT2D eigenvalue weighted by Gasteiger charge is 2.34. The lowest BCUT2D eigenvalue weighted by Gasteiger charge is -2.17. The molecule has 0 spiro atoms. The van der Waals surface area contributed by atoms with Gasteiger partial charge in [0.1, 0.15) is 67.7 Å². The molecule has 0 bridgehead atoms. The van der Waals surface area contributed by atoms with Crippen molar-refractivity contribution in [3.05, 3.63) is 312 Å². The monoisotopic (exact) mass is 1750 g/mol. The molecule has 0 atom stereocenters. The van der Waals surface area contributed by atoms with Gasteiger partial charge < -0.3 is 44.0 Å². The number of furan rings is 1. The summed E-state index contributed by atoms with van der Waals surface area (Å²) in [5, 5.41) is 19.3. The molecule has 648 valence electrons. The molecule has 0 unspecified atom stereocenters. The highest BCUT2D eigenvalue weighted by molar-refractivity contribution is 7.17. The average molecular weight is 1750 g/mol. The van der Waals surface area contributed by atoms with Gasteiger partial charge in [-0.2, -0.15) is 5.10 Å². The molecule has 4 N–H and O–H groups in total. The number of hydrogen-bond acceptors (Lipinski definition) is 15. The highest BCUT2D eigenvalue weighted by Crippen LogP contribution is 2.44. The van der Waals surface area contributed by atoms with Crippen molar-refractivity contribution in [2.45, 2.75) is 140 Å². The minimum atomic E-state index is -0.634. The summed E-state index contributed by atoms with van der Waals surface area (Å²) in [6.45, 7) is 0. The van der Waals surface area contributed by atoms with Crippen LogP contribution in [0.4, 0.5) is 57.9 Å². The zero-order valence-electron chi connectivity index (χ0n) is 68.8. The van der Waals surface area contributed by atoms with Crippen molar-refractivity contribution >= 4 is 74.9 Å². The van der Waals surface area contributed by atoms with E-state index in [2.05, 4.69) is 84.6 Å². The molecule has 0 radical (unpaired) electrons. The molecule has 0 saturated heterocycles. The Morgan fingerprint density at radius 2 is 0.742 bits per heavy atom. The molecular formula is C97H83F8N17O5S. The Bertz CT molecular complexity index is 6140. The first-order chi connectivity index (χ1) is 62.4. The van der Waals surface area contributed by atoms with Gasteiger partial charge in [-0.25, -0.2) is 60.0 Å². The number of carbonyl (C=O) groups excluding carboxylic acids is 4. The minimum Gasteiger partial charge on any atom is -0.449 e. The maximum absolute atomic E-state index is 13.9. The fourth-order valence-electron chi connectivity index (χ4n) is 16.9. The lowest BCUT2D eigenvalue weighted by atomic mass is 10.0. The van der Waals surface area contributed by atoms with Crippen molar-refractivity contribution in [1.29, 1.82) is 0 Å². The predicted octanol–water partition coefficient (Wildman–Crippen LogP) is 23.0. The first kappa shape index (κ1) is 85.7. The van der Waals surface area contributed by atoms with E-state index >= 15 is 0 Å². The largest absolute Gasteiger partial charge is 0.449 e. The quantitative estimate of drug-likeness (QED) is 0.0521. The number of pyridine rings is 1. The van der Waals surface area contributed by atoms with Gasteiger partial charge in [-0.3, -0.25) is 29.2 Å². The van der Waals surface area contributed by atoms with E-state index in [0.29, 0.717) is 68.6 Å². The van der Waals surface area contributed by atoms with Crippen LogP contribution < -0.4 is 21.3 Å². The summed E-state index contributed by atoms with van der Waals surface area (Å²) < 4.78 is 124. The number of rotatable bonds is 20. The number of para-hydroxylation sites is 3. The number of thiazole rings is 1. The Balaban J connectivity index is 0.000000120. The number of imidazole rings is 4. The summed E-state index contributed by atoms with van der Waals surface area (Å²) >= 11 is 1.23. The van der Waals surface area contributed by atoms with Crippen LogP contribution in [0.2, 0.25) is 0 Å². The Hall–Kier alpha value is -14.5. The molecule has 4 saturated carbocycles. The number of carbonyl (C=O) groups is 4. The van der Waals surface area contributed by atoms with Crippen LogP contribution in [0, 0.1) is 46.5 Å². The zero-order chi connectivity index (χ0) is 88.3. The van der Waals surface area contributed by atoms with Gasteiger partial charge >= 0.3 is 0 Å². The van der Waals surface area contributed by atoms with Crippen LogP contribution in [0.25, 0.3) is 67.2 Å². The van der Waals surface area contributed by atoms with E-state index in [1.54, 1.807) is 110 Å². The van der Waals surface area contributed by atoms with Crippen LogP contribution in [0.3, 0.4) is 0 Å². The van der Waals surface area contributed by atoms with Crippen LogP contribution in [0.15, 0.2) is 263 Å². The van der Waals surface area contributed by atoms with Crippen molar-refractivity contribution in [2.24, 2.45) is 15.2 Å². The van der Waals surface area contributed by atoms with Crippen molar-refractivity contribution < 1.29 is 58.7 Å². The SMILES string of the molecule is O=C(Nc1ccccc1F)C1=CN=C(c2c(-c3ccc(F)cc3)ncn2C2CCCC2)C1.O=C(Nc1ccccc1F)C1=NN=C(c2c(-c3ccc(F)cc3)ncn2C2CCCC2)C1.O=C(Nc1ccccc1F)c1cnc(-c2c(-c3ccc(F)cc3)ncn2C2CCCC2)s1.O=C(Nc1ccncc1F)c1ccc(-c2c(-c3ccc(F)cc3)ncn2C2CCCC2)o1. The highest BCUT2D eigenvalue weighted by atomic mass is 32.1. The summed E-state index contributed by atoms with van der Waals surface area (Å²) in [6.07, 6.45) is 30.7. The molecule has 20 rings (SSSR count). The number of nitrogens with zero attached hydrogens (tertiary/aromatic N) is 13. The van der Waals surface area contributed by atoms with E-state index in [4.69, 9.17) is 4.42 Å². The second-order valence-electron chi connectivity index (χ2n) is 31.7. The summed E-state index contributed by atoms with van der Waals surface area (Å²) in [5.41, 5.74) is 11.4. The first-order valence-corrected chi connectivity index (χ1v) is 43.1. The van der Waals surface area contributed by atoms with Crippen molar-refractivity contribution in [2.75, 3.05) is 21.3 Å². The lowest BCUT2D eigenvalue weighted by Crippen LogP contribution is -2.24. The number of aliphatic imine (C=N–C) groups is 1. The first-order valence-electron chi connectivity index (χ1n) is 42.3. The van der Waals surface area contributed by atoms with E-state index in [1.807, 2.05) is 12.7 Å². The molecule has 128 heavy (non-hydrogen) atoms. The molecule has 4 amide bonds. The normalized spacial score (nSPS) is 15.1. The summed E-state index contributed by atoms with van der Waals surface area (Å²) in [6, 6.07) is 48.6. The van der Waals surface area contributed by atoms with Crippen LogP contribution in [0.5, 0.6) is 0 Å². The Labute approximate surface area is 733 Å². The van der Waals surface area contributed by atoms with Gasteiger partial charge in [0.2, 0.25) is 0 Å². The van der Waals surface area contributed by atoms with Crippen molar-refractivity contribution in [1.82, 2.24) is 48.2 Å². The molecule has 4 aliphatic carbocycles. The average Bonchev–Trinajstić information content (AvgIpc) is 1.64. The maximum Gasteiger partial charge on any atom is 0.291 e. The van der Waals surface area contributed by atoms with E-state index < -0.39 is 41.0 Å².